The van der Waals surface area contributed by atoms with Crippen LogP contribution in [0.15, 0.2) is 97.1 Å². The number of carbonyl (C=O) groups is 3. The summed E-state index contributed by atoms with van der Waals surface area (Å²) in [5.74, 6) is 0.274. The van der Waals surface area contributed by atoms with Crippen molar-refractivity contribution in [2.75, 3.05) is 20.3 Å². The highest BCUT2D eigenvalue weighted by molar-refractivity contribution is 5.96. The number of amides is 3. The molecule has 1 heterocycles. The summed E-state index contributed by atoms with van der Waals surface area (Å²) in [5, 5.41) is 9.06. The summed E-state index contributed by atoms with van der Waals surface area (Å²) in [6, 6.07) is 26.0. The molecule has 1 aliphatic rings. The molecule has 3 atom stereocenters. The molecule has 0 spiro atoms. The molecule has 0 saturated carbocycles. The summed E-state index contributed by atoms with van der Waals surface area (Å²) in [4.78, 5) is 42.5. The molecule has 0 saturated heterocycles. The first-order valence-electron chi connectivity index (χ1n) is 17.1. The minimum atomic E-state index is -0.815. The van der Waals surface area contributed by atoms with E-state index in [0.29, 0.717) is 41.7 Å². The Morgan fingerprint density at radius 2 is 1.67 bits per heavy atom. The van der Waals surface area contributed by atoms with Crippen LogP contribution >= 0.6 is 0 Å². The Morgan fingerprint density at radius 3 is 2.45 bits per heavy atom. The van der Waals surface area contributed by atoms with Crippen molar-refractivity contribution in [3.05, 3.63) is 120 Å². The number of fused-ring (bicyclic) bond motifs is 3. The lowest BCUT2D eigenvalue weighted by Crippen LogP contribution is -2.52. The molecule has 51 heavy (non-hydrogen) atoms. The molecule has 4 aromatic carbocycles. The quantitative estimate of drug-likeness (QED) is 0.212. The number of ether oxygens (including phenoxy) is 3. The van der Waals surface area contributed by atoms with E-state index in [1.54, 1.807) is 67.7 Å². The fourth-order valence-corrected chi connectivity index (χ4v) is 5.67. The first-order valence-corrected chi connectivity index (χ1v) is 17.1. The molecule has 2 bridgehead atoms. The second-order valence-corrected chi connectivity index (χ2v) is 13.1. The Hall–Kier alpha value is -5.42. The number of hydrogen-bond donors (Lipinski definition) is 3. The van der Waals surface area contributed by atoms with Gasteiger partial charge in [-0.05, 0) is 67.4 Å². The van der Waals surface area contributed by atoms with Crippen LogP contribution in [0.1, 0.15) is 48.7 Å². The third kappa shape index (κ3) is 10.5. The molecule has 0 unspecified atom stereocenters. The molecule has 0 aliphatic carbocycles. The van der Waals surface area contributed by atoms with Gasteiger partial charge in [-0.1, -0.05) is 68.4 Å². The van der Waals surface area contributed by atoms with Crippen molar-refractivity contribution < 1.29 is 33.0 Å². The third-order valence-corrected chi connectivity index (χ3v) is 8.54. The maximum absolute atomic E-state index is 13.9. The average Bonchev–Trinajstić information content (AvgIpc) is 3.10. The van der Waals surface area contributed by atoms with Crippen LogP contribution in [0.5, 0.6) is 23.0 Å². The van der Waals surface area contributed by atoms with E-state index in [1.165, 1.54) is 12.1 Å². The van der Waals surface area contributed by atoms with E-state index < -0.39 is 17.9 Å². The molecule has 0 radical (unpaired) electrons. The second kappa shape index (κ2) is 17.5. The zero-order valence-corrected chi connectivity index (χ0v) is 29.4. The van der Waals surface area contributed by atoms with Crippen LogP contribution < -0.4 is 30.2 Å². The molecular formula is C40H45FN4O6. The Bertz CT molecular complexity index is 1820. The number of rotatable bonds is 8. The SMILES string of the molecule is CC(C)[C@H]1COc2ccccc2C(=O)NCc2cccc(c2)CN(C)[C@H](C(=O)N[C@H](C)COc2ccccc2Oc2cccc(F)c2)CC(=O)N1. The molecule has 0 fully saturated rings. The predicted octanol–water partition coefficient (Wildman–Crippen LogP) is 5.86. The van der Waals surface area contributed by atoms with Crippen LogP contribution in [0.3, 0.4) is 0 Å². The number of halogens is 1. The van der Waals surface area contributed by atoms with Gasteiger partial charge in [0.15, 0.2) is 11.5 Å². The number of hydrogen-bond acceptors (Lipinski definition) is 7. The van der Waals surface area contributed by atoms with Crippen LogP contribution in [0, 0.1) is 11.7 Å². The molecule has 10 nitrogen and oxygen atoms in total. The van der Waals surface area contributed by atoms with Crippen molar-refractivity contribution in [2.24, 2.45) is 5.92 Å². The Labute approximate surface area is 298 Å². The molecule has 5 rings (SSSR count). The van der Waals surface area contributed by atoms with Crippen molar-refractivity contribution >= 4 is 17.7 Å². The lowest BCUT2D eigenvalue weighted by atomic mass is 10.0. The van der Waals surface area contributed by atoms with Gasteiger partial charge in [-0.25, -0.2) is 4.39 Å². The van der Waals surface area contributed by atoms with Crippen LogP contribution in [0.4, 0.5) is 4.39 Å². The van der Waals surface area contributed by atoms with Crippen molar-refractivity contribution in [3.8, 4) is 23.0 Å². The van der Waals surface area contributed by atoms with E-state index in [-0.39, 0.29) is 49.3 Å². The predicted molar refractivity (Wildman–Crippen MR) is 192 cm³/mol. The molecule has 0 aromatic heterocycles. The summed E-state index contributed by atoms with van der Waals surface area (Å²) in [6.45, 7) is 6.69. The van der Waals surface area contributed by atoms with Gasteiger partial charge in [-0.15, -0.1) is 0 Å². The first-order chi connectivity index (χ1) is 24.5. The largest absolute Gasteiger partial charge is 0.491 e. The topological polar surface area (TPSA) is 118 Å². The lowest BCUT2D eigenvalue weighted by Gasteiger charge is -2.30. The van der Waals surface area contributed by atoms with Gasteiger partial charge < -0.3 is 30.2 Å². The van der Waals surface area contributed by atoms with Crippen molar-refractivity contribution in [2.45, 2.75) is 58.4 Å². The Balaban J connectivity index is 1.31. The standard InChI is InChI=1S/C40H45FN4O6/c1-26(2)33-25-50-35-16-6-5-15-32(35)39(47)42-22-28-11-9-12-29(19-28)23-45(4)34(21-38(46)44-33)40(48)43-27(3)24-49-36-17-7-8-18-37(36)51-31-14-10-13-30(41)20-31/h5-20,26-27,33-34H,21-25H2,1-4H3,(H,42,47)(H,43,48)(H,44,46)/t27-,33-,34+/m1/s1. The van der Waals surface area contributed by atoms with Gasteiger partial charge in [0.05, 0.1) is 30.1 Å². The van der Waals surface area contributed by atoms with Gasteiger partial charge in [-0.3, -0.25) is 19.3 Å². The molecule has 268 valence electrons. The lowest BCUT2D eigenvalue weighted by molar-refractivity contribution is -0.132. The van der Waals surface area contributed by atoms with Gasteiger partial charge in [0.25, 0.3) is 5.91 Å². The smallest absolute Gasteiger partial charge is 0.255 e. The van der Waals surface area contributed by atoms with Gasteiger partial charge in [-0.2, -0.15) is 0 Å². The highest BCUT2D eigenvalue weighted by Gasteiger charge is 2.29. The highest BCUT2D eigenvalue weighted by atomic mass is 19.1. The van der Waals surface area contributed by atoms with Crippen LogP contribution in [0.25, 0.3) is 0 Å². The van der Waals surface area contributed by atoms with E-state index in [4.69, 9.17) is 14.2 Å². The third-order valence-electron chi connectivity index (χ3n) is 8.54. The van der Waals surface area contributed by atoms with E-state index in [2.05, 4.69) is 16.0 Å². The summed E-state index contributed by atoms with van der Waals surface area (Å²) in [5.41, 5.74) is 2.22. The minimum Gasteiger partial charge on any atom is -0.491 e. The van der Waals surface area contributed by atoms with E-state index in [1.807, 2.05) is 49.9 Å². The Kier molecular flexibility index (Phi) is 12.6. The molecule has 11 heteroatoms. The van der Waals surface area contributed by atoms with E-state index in [0.717, 1.165) is 11.1 Å². The number of carbonyl (C=O) groups excluding carboxylic acids is 3. The molecule has 4 aromatic rings. The summed E-state index contributed by atoms with van der Waals surface area (Å²) in [6.07, 6.45) is -0.0975. The second-order valence-electron chi connectivity index (χ2n) is 13.1. The minimum absolute atomic E-state index is 0.00782. The van der Waals surface area contributed by atoms with Crippen LogP contribution in [0.2, 0.25) is 0 Å². The zero-order valence-electron chi connectivity index (χ0n) is 29.4. The number of benzene rings is 4. The monoisotopic (exact) mass is 696 g/mol. The molecule has 1 aliphatic heterocycles. The summed E-state index contributed by atoms with van der Waals surface area (Å²) in [7, 11) is 1.81. The number of likely N-dealkylation sites (N-methyl/N-ethyl adjacent to an activating group) is 1. The zero-order chi connectivity index (χ0) is 36.3. The van der Waals surface area contributed by atoms with Gasteiger partial charge in [0.1, 0.15) is 30.5 Å². The van der Waals surface area contributed by atoms with Crippen molar-refractivity contribution in [1.29, 1.82) is 0 Å². The Morgan fingerprint density at radius 1 is 0.941 bits per heavy atom. The van der Waals surface area contributed by atoms with Crippen LogP contribution in [-0.4, -0.2) is 61.0 Å². The van der Waals surface area contributed by atoms with E-state index in [9.17, 15) is 18.8 Å². The molecule has 3 amide bonds. The summed E-state index contributed by atoms with van der Waals surface area (Å²) < 4.78 is 31.7. The number of nitrogens with one attached hydrogen (secondary N) is 3. The highest BCUT2D eigenvalue weighted by Crippen LogP contribution is 2.31. The first kappa shape index (κ1) is 36.9. The van der Waals surface area contributed by atoms with Gasteiger partial charge in [0.2, 0.25) is 11.8 Å². The van der Waals surface area contributed by atoms with E-state index >= 15 is 0 Å². The fourth-order valence-electron chi connectivity index (χ4n) is 5.67. The van der Waals surface area contributed by atoms with Gasteiger partial charge >= 0.3 is 0 Å². The fraction of sp³-hybridized carbons (Fsp3) is 0.325. The van der Waals surface area contributed by atoms with Crippen molar-refractivity contribution in [1.82, 2.24) is 20.9 Å². The number of para-hydroxylation sites is 3. The maximum atomic E-state index is 13.9. The maximum Gasteiger partial charge on any atom is 0.255 e. The number of nitrogens with zero attached hydrogens (tertiary/aromatic N) is 1. The van der Waals surface area contributed by atoms with Crippen molar-refractivity contribution in [3.63, 3.8) is 0 Å². The summed E-state index contributed by atoms with van der Waals surface area (Å²) >= 11 is 0. The average molecular weight is 697 g/mol. The molecule has 3 N–H and O–H groups in total. The normalized spacial score (nSPS) is 17.9. The molecular weight excluding hydrogens is 651 g/mol. The van der Waals surface area contributed by atoms with Crippen LogP contribution in [-0.2, 0) is 22.7 Å². The van der Waals surface area contributed by atoms with Gasteiger partial charge in [0, 0.05) is 19.2 Å².